The van der Waals surface area contributed by atoms with Crippen LogP contribution in [-0.2, 0) is 4.79 Å². The molecule has 0 aromatic heterocycles. The summed E-state index contributed by atoms with van der Waals surface area (Å²) in [6.07, 6.45) is 1.50. The third kappa shape index (κ3) is 2.94. The van der Waals surface area contributed by atoms with E-state index in [0.29, 0.717) is 11.3 Å². The molecule has 0 saturated carbocycles. The van der Waals surface area contributed by atoms with Crippen LogP contribution >= 0.6 is 0 Å². The Kier molecular flexibility index (Phi) is 3.86. The zero-order valence-electron chi connectivity index (χ0n) is 10.4. The van der Waals surface area contributed by atoms with E-state index in [0.717, 1.165) is 11.1 Å². The number of carbonyl (C=O) groups excluding carboxylic acids is 2. The summed E-state index contributed by atoms with van der Waals surface area (Å²) >= 11 is 0. The van der Waals surface area contributed by atoms with E-state index >= 15 is 0 Å². The van der Waals surface area contributed by atoms with E-state index in [-0.39, 0.29) is 5.91 Å². The SMILES string of the molecule is CNC(=O)c1cccc(-c2ccc(N=C=O)cc2)c1. The zero-order valence-corrected chi connectivity index (χ0v) is 10.4. The molecule has 0 fully saturated rings. The van der Waals surface area contributed by atoms with Crippen LogP contribution in [0.1, 0.15) is 10.4 Å². The van der Waals surface area contributed by atoms with Gasteiger partial charge in [0.25, 0.3) is 5.91 Å². The van der Waals surface area contributed by atoms with Crippen LogP contribution in [0, 0.1) is 0 Å². The monoisotopic (exact) mass is 252 g/mol. The number of rotatable bonds is 3. The molecule has 2 aromatic rings. The summed E-state index contributed by atoms with van der Waals surface area (Å²) < 4.78 is 0. The Bertz CT molecular complexity index is 641. The lowest BCUT2D eigenvalue weighted by atomic mass is 10.0. The second kappa shape index (κ2) is 5.76. The van der Waals surface area contributed by atoms with Gasteiger partial charge in [0.15, 0.2) is 0 Å². The van der Waals surface area contributed by atoms with Crippen LogP contribution in [0.3, 0.4) is 0 Å². The largest absolute Gasteiger partial charge is 0.355 e. The Morgan fingerprint density at radius 3 is 2.47 bits per heavy atom. The van der Waals surface area contributed by atoms with Crippen molar-refractivity contribution in [1.82, 2.24) is 5.32 Å². The topological polar surface area (TPSA) is 58.5 Å². The molecule has 2 rings (SSSR count). The first-order valence-corrected chi connectivity index (χ1v) is 5.75. The highest BCUT2D eigenvalue weighted by atomic mass is 16.1. The van der Waals surface area contributed by atoms with Gasteiger partial charge in [-0.05, 0) is 35.4 Å². The number of nitrogens with zero attached hydrogens (tertiary/aromatic N) is 1. The van der Waals surface area contributed by atoms with Gasteiger partial charge in [-0.2, -0.15) is 4.99 Å². The van der Waals surface area contributed by atoms with Crippen molar-refractivity contribution < 1.29 is 9.59 Å². The summed E-state index contributed by atoms with van der Waals surface area (Å²) in [7, 11) is 1.60. The Morgan fingerprint density at radius 1 is 1.11 bits per heavy atom. The van der Waals surface area contributed by atoms with Gasteiger partial charge >= 0.3 is 0 Å². The van der Waals surface area contributed by atoms with Gasteiger partial charge in [-0.15, -0.1) is 0 Å². The molecule has 0 unspecified atom stereocenters. The standard InChI is InChI=1S/C15H12N2O2/c1-16-15(19)13-4-2-3-12(9-13)11-5-7-14(8-6-11)17-10-18/h2-9H,1H3,(H,16,19). The lowest BCUT2D eigenvalue weighted by Gasteiger charge is -2.05. The van der Waals surface area contributed by atoms with Crippen LogP contribution in [0.25, 0.3) is 11.1 Å². The summed E-state index contributed by atoms with van der Waals surface area (Å²) in [6.45, 7) is 0. The normalized spacial score (nSPS) is 9.53. The summed E-state index contributed by atoms with van der Waals surface area (Å²) in [5.41, 5.74) is 3.05. The minimum absolute atomic E-state index is 0.121. The fraction of sp³-hybridized carbons (Fsp3) is 0.0667. The molecule has 1 N–H and O–H groups in total. The van der Waals surface area contributed by atoms with Crippen molar-refractivity contribution in [2.45, 2.75) is 0 Å². The summed E-state index contributed by atoms with van der Waals surface area (Å²) in [6, 6.07) is 14.5. The van der Waals surface area contributed by atoms with Gasteiger partial charge in [-0.1, -0.05) is 24.3 Å². The average Bonchev–Trinajstić information content (AvgIpc) is 2.48. The molecule has 0 bridgehead atoms. The molecule has 0 aliphatic rings. The molecule has 2 aromatic carbocycles. The third-order valence-electron chi connectivity index (χ3n) is 2.73. The van der Waals surface area contributed by atoms with Gasteiger partial charge in [-0.3, -0.25) is 4.79 Å². The minimum atomic E-state index is -0.121. The van der Waals surface area contributed by atoms with E-state index in [1.165, 1.54) is 6.08 Å². The van der Waals surface area contributed by atoms with Crippen LogP contribution < -0.4 is 5.32 Å². The smallest absolute Gasteiger partial charge is 0.251 e. The lowest BCUT2D eigenvalue weighted by Crippen LogP contribution is -2.17. The number of benzene rings is 2. The molecule has 4 nitrogen and oxygen atoms in total. The van der Waals surface area contributed by atoms with Crippen LogP contribution in [0.2, 0.25) is 0 Å². The second-order valence-electron chi connectivity index (χ2n) is 3.91. The van der Waals surface area contributed by atoms with Crippen molar-refractivity contribution in [2.75, 3.05) is 7.05 Å². The molecule has 0 aliphatic heterocycles. The quantitative estimate of drug-likeness (QED) is 0.674. The van der Waals surface area contributed by atoms with Gasteiger partial charge in [0.2, 0.25) is 6.08 Å². The predicted octanol–water partition coefficient (Wildman–Crippen LogP) is 2.68. The zero-order chi connectivity index (χ0) is 13.7. The molecule has 0 spiro atoms. The molecule has 1 amide bonds. The number of aliphatic imine (C=N–C) groups is 1. The Labute approximate surface area is 110 Å². The molecule has 0 heterocycles. The van der Waals surface area contributed by atoms with Gasteiger partial charge < -0.3 is 5.32 Å². The van der Waals surface area contributed by atoms with Crippen molar-refractivity contribution in [3.63, 3.8) is 0 Å². The van der Waals surface area contributed by atoms with Crippen molar-refractivity contribution in [3.05, 3.63) is 54.1 Å². The Hall–Kier alpha value is -2.71. The first-order chi connectivity index (χ1) is 9.24. The number of nitrogens with one attached hydrogen (secondary N) is 1. The molecule has 4 heteroatoms. The van der Waals surface area contributed by atoms with E-state index in [9.17, 15) is 9.59 Å². The van der Waals surface area contributed by atoms with Crippen LogP contribution in [0.5, 0.6) is 0 Å². The molecule has 94 valence electrons. The number of hydrogen-bond acceptors (Lipinski definition) is 3. The maximum Gasteiger partial charge on any atom is 0.251 e. The van der Waals surface area contributed by atoms with E-state index in [1.807, 2.05) is 30.3 Å². The third-order valence-corrected chi connectivity index (χ3v) is 2.73. The summed E-state index contributed by atoms with van der Waals surface area (Å²) in [4.78, 5) is 25.2. The second-order valence-corrected chi connectivity index (χ2v) is 3.91. The van der Waals surface area contributed by atoms with E-state index in [1.54, 1.807) is 25.2 Å². The molecular formula is C15H12N2O2. The molecule has 0 aliphatic carbocycles. The van der Waals surface area contributed by atoms with Gasteiger partial charge in [-0.25, -0.2) is 4.79 Å². The van der Waals surface area contributed by atoms with Crippen molar-refractivity contribution >= 4 is 17.7 Å². The maximum absolute atomic E-state index is 11.6. The van der Waals surface area contributed by atoms with Gasteiger partial charge in [0.05, 0.1) is 5.69 Å². The van der Waals surface area contributed by atoms with Gasteiger partial charge in [0.1, 0.15) is 0 Å². The number of amides is 1. The summed E-state index contributed by atoms with van der Waals surface area (Å²) in [5.74, 6) is -0.121. The van der Waals surface area contributed by atoms with Crippen molar-refractivity contribution in [1.29, 1.82) is 0 Å². The molecule has 19 heavy (non-hydrogen) atoms. The first-order valence-electron chi connectivity index (χ1n) is 5.75. The fourth-order valence-electron chi connectivity index (χ4n) is 1.77. The van der Waals surface area contributed by atoms with E-state index in [2.05, 4.69) is 10.3 Å². The first kappa shape index (κ1) is 12.7. The lowest BCUT2D eigenvalue weighted by molar-refractivity contribution is 0.0963. The Balaban J connectivity index is 2.36. The maximum atomic E-state index is 11.6. The number of carbonyl (C=O) groups is 1. The predicted molar refractivity (Wildman–Crippen MR) is 73.0 cm³/mol. The number of isocyanates is 1. The highest BCUT2D eigenvalue weighted by molar-refractivity contribution is 5.95. The van der Waals surface area contributed by atoms with Crippen molar-refractivity contribution in [2.24, 2.45) is 4.99 Å². The minimum Gasteiger partial charge on any atom is -0.355 e. The van der Waals surface area contributed by atoms with Crippen molar-refractivity contribution in [3.8, 4) is 11.1 Å². The van der Waals surface area contributed by atoms with Crippen LogP contribution in [-0.4, -0.2) is 19.0 Å². The number of hydrogen-bond donors (Lipinski definition) is 1. The Morgan fingerprint density at radius 2 is 1.84 bits per heavy atom. The summed E-state index contributed by atoms with van der Waals surface area (Å²) in [5, 5.41) is 2.59. The van der Waals surface area contributed by atoms with Gasteiger partial charge in [0, 0.05) is 12.6 Å². The van der Waals surface area contributed by atoms with E-state index in [4.69, 9.17) is 0 Å². The molecule has 0 saturated heterocycles. The van der Waals surface area contributed by atoms with E-state index < -0.39 is 0 Å². The highest BCUT2D eigenvalue weighted by Crippen LogP contribution is 2.23. The molecule has 0 atom stereocenters. The molecular weight excluding hydrogens is 240 g/mol. The average molecular weight is 252 g/mol. The fourth-order valence-corrected chi connectivity index (χ4v) is 1.77. The molecule has 0 radical (unpaired) electrons. The van der Waals surface area contributed by atoms with Crippen LogP contribution in [0.4, 0.5) is 5.69 Å². The van der Waals surface area contributed by atoms with Crippen LogP contribution in [0.15, 0.2) is 53.5 Å². The highest BCUT2D eigenvalue weighted by Gasteiger charge is 2.04.